The smallest absolute Gasteiger partial charge is 0.335 e. The van der Waals surface area contributed by atoms with E-state index in [1.54, 1.807) is 13.0 Å². The molecule has 10 rings (SSSR count). The number of aromatic carboxylic acids is 1. The Bertz CT molecular complexity index is 2150. The Morgan fingerprint density at radius 1 is 1.12 bits per heavy atom. The number of carbonyl (C=O) groups excluding carboxylic acids is 1. The number of phenols is 1. The number of carbonyl (C=O) groups is 2. The van der Waals surface area contributed by atoms with Crippen LogP contribution in [0.3, 0.4) is 0 Å². The Labute approximate surface area is 336 Å². The van der Waals surface area contributed by atoms with Crippen molar-refractivity contribution in [2.45, 2.75) is 113 Å². The molecule has 14 nitrogen and oxygen atoms in total. The molecule has 4 aliphatic carbocycles. The average molecular weight is 803 g/mol. The maximum atomic E-state index is 12.6. The van der Waals surface area contributed by atoms with Crippen molar-refractivity contribution in [1.82, 2.24) is 10.9 Å². The standard InChI is InChI=1S/C44H54N2O12/c1-21-11-24-12-25(39(53)54)13-29(34(24)35(50)32(21)22(2)49)57-40-36(51)38(52)44(31(16-48)58-40)15-28-33-23(18-56-44)6-7-27(33)42(9-4-10-47)20-55-17-26-14-41-8-3-5-30(41)45-46-43(28,19-41)37(26)42/h7,11-13,26,28,30-31,36-38,40,45-48,50-52H,3-6,8-10,14-20H2,1-2H3,(H,53,54)/t26-,28-,30-,31-,36-,37+,38-,40-,41+,42+,43-,44-/m1/s1. The second-order valence-electron chi connectivity index (χ2n) is 18.7. The minimum absolute atomic E-state index is 0.0387. The molecule has 4 heterocycles. The van der Waals surface area contributed by atoms with Gasteiger partial charge in [0.25, 0.3) is 0 Å². The van der Waals surface area contributed by atoms with Crippen LogP contribution in [0.2, 0.25) is 0 Å². The molecule has 8 N–H and O–H groups in total. The number of ketones is 1. The van der Waals surface area contributed by atoms with E-state index in [4.69, 9.17) is 18.9 Å². The number of ether oxygens (including phenoxy) is 4. The number of allylic oxidation sites excluding steroid dienone is 1. The fourth-order valence-corrected chi connectivity index (χ4v) is 13.9. The summed E-state index contributed by atoms with van der Waals surface area (Å²) in [5.41, 5.74) is 9.24. The van der Waals surface area contributed by atoms with Crippen LogP contribution >= 0.6 is 0 Å². The van der Waals surface area contributed by atoms with Crippen molar-refractivity contribution in [2.24, 2.45) is 28.6 Å². The number of Topliss-reactive ketones (excluding diaryl/α,β-unsaturated/α-hetero) is 1. The molecule has 6 fully saturated rings. The lowest BCUT2D eigenvalue weighted by molar-refractivity contribution is -0.327. The lowest BCUT2D eigenvalue weighted by Gasteiger charge is -2.72. The van der Waals surface area contributed by atoms with Crippen LogP contribution in [0, 0.1) is 35.5 Å². The molecule has 8 aliphatic rings. The number of aryl methyl sites for hydroxylation is 1. The van der Waals surface area contributed by atoms with Crippen molar-refractivity contribution in [3.05, 3.63) is 57.7 Å². The highest BCUT2D eigenvalue weighted by atomic mass is 16.7. The Morgan fingerprint density at radius 3 is 2.71 bits per heavy atom. The fraction of sp³-hybridized carbons (Fsp3) is 0.636. The second kappa shape index (κ2) is 13.5. The summed E-state index contributed by atoms with van der Waals surface area (Å²) in [6, 6.07) is 4.44. The third kappa shape index (κ3) is 5.16. The van der Waals surface area contributed by atoms with E-state index in [9.17, 15) is 40.2 Å². The van der Waals surface area contributed by atoms with Gasteiger partial charge in [-0.15, -0.1) is 0 Å². The van der Waals surface area contributed by atoms with Gasteiger partial charge in [-0.3, -0.25) is 15.6 Å². The molecular formula is C44H54N2O12. The highest BCUT2D eigenvalue weighted by Crippen LogP contribution is 2.72. The molecule has 4 aliphatic heterocycles. The number of aromatic hydroxyl groups is 1. The molecule has 3 saturated heterocycles. The lowest BCUT2D eigenvalue weighted by atomic mass is 9.39. The van der Waals surface area contributed by atoms with Crippen LogP contribution in [0.15, 0.2) is 41.0 Å². The highest BCUT2D eigenvalue weighted by molar-refractivity contribution is 6.08. The largest absolute Gasteiger partial charge is 0.506 e. The quantitative estimate of drug-likeness (QED) is 0.180. The number of phenolic OH excluding ortho intramolecular Hbond substituents is 1. The van der Waals surface area contributed by atoms with E-state index in [-0.39, 0.29) is 75.9 Å². The van der Waals surface area contributed by atoms with Gasteiger partial charge in [-0.1, -0.05) is 18.6 Å². The predicted molar refractivity (Wildman–Crippen MR) is 207 cm³/mol. The molecule has 3 spiro atoms. The molecule has 12 atom stereocenters. The third-order valence-corrected chi connectivity index (χ3v) is 15.9. The van der Waals surface area contributed by atoms with Crippen molar-refractivity contribution in [3.63, 3.8) is 0 Å². The van der Waals surface area contributed by atoms with Crippen molar-refractivity contribution in [1.29, 1.82) is 0 Å². The summed E-state index contributed by atoms with van der Waals surface area (Å²) in [6.07, 6.45) is 3.69. The number of fused-ring (bicyclic) bond motifs is 2. The normalized spacial score (nSPS) is 41.1. The second-order valence-corrected chi connectivity index (χ2v) is 18.7. The zero-order valence-electron chi connectivity index (χ0n) is 33.0. The predicted octanol–water partition coefficient (Wildman–Crippen LogP) is 3.19. The van der Waals surface area contributed by atoms with Gasteiger partial charge in [-0.05, 0) is 122 Å². The van der Waals surface area contributed by atoms with E-state index in [0.717, 1.165) is 44.1 Å². The lowest BCUT2D eigenvalue weighted by Crippen LogP contribution is -2.81. The fourth-order valence-electron chi connectivity index (χ4n) is 13.9. The number of carboxylic acid groups (broad SMARTS) is 1. The number of aliphatic hydroxyl groups is 4. The Morgan fingerprint density at radius 2 is 1.95 bits per heavy atom. The van der Waals surface area contributed by atoms with E-state index in [1.165, 1.54) is 30.2 Å². The summed E-state index contributed by atoms with van der Waals surface area (Å²) in [6.45, 7) is 3.78. The van der Waals surface area contributed by atoms with E-state index in [2.05, 4.69) is 16.9 Å². The van der Waals surface area contributed by atoms with Crippen LogP contribution in [0.25, 0.3) is 10.8 Å². The van der Waals surface area contributed by atoms with Crippen molar-refractivity contribution in [2.75, 3.05) is 33.0 Å². The first-order valence-electron chi connectivity index (χ1n) is 20.9. The van der Waals surface area contributed by atoms with Crippen LogP contribution in [-0.4, -0.2) is 117 Å². The summed E-state index contributed by atoms with van der Waals surface area (Å²) >= 11 is 0. The van der Waals surface area contributed by atoms with Gasteiger partial charge in [0.1, 0.15) is 35.4 Å². The van der Waals surface area contributed by atoms with Gasteiger partial charge in [-0.2, -0.15) is 0 Å². The van der Waals surface area contributed by atoms with Gasteiger partial charge in [0.2, 0.25) is 6.29 Å². The minimum atomic E-state index is -1.75. The number of rotatable bonds is 8. The van der Waals surface area contributed by atoms with E-state index >= 15 is 0 Å². The number of benzene rings is 2. The molecular weight excluding hydrogens is 748 g/mol. The summed E-state index contributed by atoms with van der Waals surface area (Å²) in [7, 11) is 0. The van der Waals surface area contributed by atoms with Gasteiger partial charge in [0, 0.05) is 36.1 Å². The summed E-state index contributed by atoms with van der Waals surface area (Å²) in [5.74, 6) is -2.08. The van der Waals surface area contributed by atoms with Crippen molar-refractivity contribution in [3.8, 4) is 11.5 Å². The molecule has 0 radical (unpaired) electrons. The maximum Gasteiger partial charge on any atom is 0.335 e. The molecule has 2 aromatic rings. The van der Waals surface area contributed by atoms with Gasteiger partial charge < -0.3 is 49.6 Å². The molecule has 14 heteroatoms. The van der Waals surface area contributed by atoms with Gasteiger partial charge >= 0.3 is 5.97 Å². The number of hydrogen-bond acceptors (Lipinski definition) is 13. The summed E-state index contributed by atoms with van der Waals surface area (Å²) in [5, 5.41) is 67.6. The highest BCUT2D eigenvalue weighted by Gasteiger charge is 2.74. The first kappa shape index (κ1) is 38.7. The van der Waals surface area contributed by atoms with E-state index < -0.39 is 59.9 Å². The summed E-state index contributed by atoms with van der Waals surface area (Å²) in [4.78, 5) is 24.8. The molecule has 58 heavy (non-hydrogen) atoms. The Balaban J connectivity index is 1.06. The number of carboxylic acids is 1. The van der Waals surface area contributed by atoms with Gasteiger partial charge in [0.05, 0.1) is 36.3 Å². The van der Waals surface area contributed by atoms with Crippen LogP contribution in [0.4, 0.5) is 0 Å². The van der Waals surface area contributed by atoms with Gasteiger partial charge in [-0.25, -0.2) is 4.79 Å². The van der Waals surface area contributed by atoms with Crippen LogP contribution in [0.1, 0.15) is 91.0 Å². The SMILES string of the molecule is CC(=O)c1c(C)cc2cc(C(=O)O)cc(O[C@@H]3O[C@H](CO)[C@]4(C[C@@H]5C6=C(CC=C6[C@]6(CCCO)COC[C@H]7C[C@]89CCC[C@H]8NN[C@@]5(C9)[C@@H]76)CO4)[C@H](O)[C@H]3O)c2c1O. The number of hydrazine groups is 1. The van der Waals surface area contributed by atoms with Crippen LogP contribution in [0.5, 0.6) is 11.5 Å². The van der Waals surface area contributed by atoms with Crippen LogP contribution < -0.4 is 15.6 Å². The number of aliphatic hydroxyl groups excluding tert-OH is 4. The Hall–Kier alpha value is -3.44. The molecule has 2 bridgehead atoms. The van der Waals surface area contributed by atoms with Crippen LogP contribution in [-0.2, 0) is 14.2 Å². The molecule has 3 saturated carbocycles. The minimum Gasteiger partial charge on any atom is -0.506 e. The zero-order chi connectivity index (χ0) is 40.5. The van der Waals surface area contributed by atoms with E-state index in [0.29, 0.717) is 37.7 Å². The Kier molecular flexibility index (Phi) is 9.04. The average Bonchev–Trinajstić information content (AvgIpc) is 3.76. The zero-order valence-corrected chi connectivity index (χ0v) is 33.0. The maximum absolute atomic E-state index is 12.6. The monoisotopic (exact) mass is 802 g/mol. The molecule has 2 aromatic carbocycles. The molecule has 0 aromatic heterocycles. The van der Waals surface area contributed by atoms with E-state index in [1.807, 2.05) is 0 Å². The first-order valence-corrected chi connectivity index (χ1v) is 20.9. The number of nitrogens with one attached hydrogen (secondary N) is 2. The first-order chi connectivity index (χ1) is 27.8. The molecule has 0 unspecified atom stereocenters. The molecule has 312 valence electrons. The summed E-state index contributed by atoms with van der Waals surface area (Å²) < 4.78 is 26.1. The van der Waals surface area contributed by atoms with Gasteiger partial charge in [0.15, 0.2) is 5.78 Å². The third-order valence-electron chi connectivity index (χ3n) is 15.9. The van der Waals surface area contributed by atoms with Crippen molar-refractivity contribution < 1.29 is 59.2 Å². The topological polar surface area (TPSA) is 216 Å². The van der Waals surface area contributed by atoms with Crippen molar-refractivity contribution >= 4 is 22.5 Å². The number of hydrogen-bond donors (Lipinski definition) is 8. The molecule has 0 amide bonds.